The van der Waals surface area contributed by atoms with Crippen molar-refractivity contribution in [3.8, 4) is 5.88 Å². The van der Waals surface area contributed by atoms with Gasteiger partial charge in [-0.05, 0) is 30.9 Å². The maximum absolute atomic E-state index is 12.1. The number of piperidine rings is 1. The molecule has 26 heavy (non-hydrogen) atoms. The number of aromatic hydroxyl groups is 1. The van der Waals surface area contributed by atoms with Crippen molar-refractivity contribution in [3.05, 3.63) is 69.1 Å². The van der Waals surface area contributed by atoms with Gasteiger partial charge in [0, 0.05) is 25.5 Å². The molecule has 0 spiro atoms. The van der Waals surface area contributed by atoms with Crippen LogP contribution in [0.5, 0.6) is 5.88 Å². The van der Waals surface area contributed by atoms with E-state index in [1.807, 2.05) is 23.3 Å². The Labute approximate surface area is 150 Å². The number of aromatic nitrogens is 3. The first-order chi connectivity index (χ1) is 12.6. The molecule has 2 N–H and O–H groups in total. The smallest absolute Gasteiger partial charge is 0.331 e. The van der Waals surface area contributed by atoms with Crippen LogP contribution in [0.15, 0.2) is 51.9 Å². The molecule has 1 aliphatic heterocycles. The molecule has 1 atom stereocenters. The van der Waals surface area contributed by atoms with E-state index in [0.29, 0.717) is 0 Å². The molecule has 136 valence electrons. The number of aromatic amines is 1. The van der Waals surface area contributed by atoms with Crippen molar-refractivity contribution in [3.63, 3.8) is 0 Å². The average molecular weight is 355 g/mol. The molecule has 3 heterocycles. The number of nitrogens with one attached hydrogen (secondary N) is 1. The molecule has 3 rings (SSSR count). The highest BCUT2D eigenvalue weighted by atomic mass is 16.3. The van der Waals surface area contributed by atoms with Gasteiger partial charge in [-0.25, -0.2) is 4.79 Å². The maximum atomic E-state index is 12.1. The lowest BCUT2D eigenvalue weighted by Gasteiger charge is -2.33. The van der Waals surface area contributed by atoms with Crippen molar-refractivity contribution in [1.82, 2.24) is 19.5 Å². The topological polar surface area (TPSA) is 104 Å². The van der Waals surface area contributed by atoms with Gasteiger partial charge >= 0.3 is 5.69 Å². The van der Waals surface area contributed by atoms with Gasteiger partial charge < -0.3 is 5.11 Å². The Morgan fingerprint density at radius 1 is 1.42 bits per heavy atom. The van der Waals surface area contributed by atoms with Crippen LogP contribution in [0.3, 0.4) is 0 Å². The number of rotatable bonds is 5. The summed E-state index contributed by atoms with van der Waals surface area (Å²) in [6, 6.07) is 3.95. The van der Waals surface area contributed by atoms with E-state index in [0.717, 1.165) is 35.9 Å². The minimum atomic E-state index is -0.684. The highest BCUT2D eigenvalue weighted by molar-refractivity contribution is 5.81. The first kappa shape index (κ1) is 17.7. The zero-order valence-corrected chi connectivity index (χ0v) is 14.3. The van der Waals surface area contributed by atoms with Crippen molar-refractivity contribution in [1.29, 1.82) is 0 Å². The Morgan fingerprint density at radius 2 is 2.27 bits per heavy atom. The Hall–Kier alpha value is -3.16. The molecule has 8 heteroatoms. The van der Waals surface area contributed by atoms with Gasteiger partial charge in [-0.15, -0.1) is 6.58 Å². The SMILES string of the molecule is C=CCn1c(O)c(C=NN2CCCCC2c2cccnc2)c(=O)[nH]c1=O. The summed E-state index contributed by atoms with van der Waals surface area (Å²) in [6.45, 7) is 4.37. The normalized spacial score (nSPS) is 17.5. The summed E-state index contributed by atoms with van der Waals surface area (Å²) in [5.74, 6) is -0.419. The second-order valence-corrected chi connectivity index (χ2v) is 6.10. The number of hydrazone groups is 1. The van der Waals surface area contributed by atoms with E-state index < -0.39 is 17.1 Å². The number of hydrogen-bond acceptors (Lipinski definition) is 6. The fourth-order valence-electron chi connectivity index (χ4n) is 3.09. The number of pyridine rings is 1. The van der Waals surface area contributed by atoms with Crippen molar-refractivity contribution < 1.29 is 5.11 Å². The Morgan fingerprint density at radius 3 is 3.00 bits per heavy atom. The largest absolute Gasteiger partial charge is 0.494 e. The van der Waals surface area contributed by atoms with E-state index in [-0.39, 0.29) is 18.2 Å². The van der Waals surface area contributed by atoms with E-state index >= 15 is 0 Å². The predicted octanol–water partition coefficient (Wildman–Crippen LogP) is 1.38. The molecule has 2 aromatic heterocycles. The summed E-state index contributed by atoms with van der Waals surface area (Å²) >= 11 is 0. The molecular weight excluding hydrogens is 334 g/mol. The monoisotopic (exact) mass is 355 g/mol. The van der Waals surface area contributed by atoms with Gasteiger partial charge in [0.2, 0.25) is 5.88 Å². The first-order valence-corrected chi connectivity index (χ1v) is 8.49. The summed E-state index contributed by atoms with van der Waals surface area (Å²) < 4.78 is 1.03. The fourth-order valence-corrected chi connectivity index (χ4v) is 3.09. The molecule has 0 saturated carbocycles. The van der Waals surface area contributed by atoms with Crippen LogP contribution in [0.4, 0.5) is 0 Å². The Balaban J connectivity index is 1.93. The third-order valence-corrected chi connectivity index (χ3v) is 4.40. The van der Waals surface area contributed by atoms with E-state index in [1.165, 1.54) is 12.3 Å². The van der Waals surface area contributed by atoms with Crippen molar-refractivity contribution in [2.24, 2.45) is 5.10 Å². The van der Waals surface area contributed by atoms with E-state index in [1.54, 1.807) is 6.20 Å². The van der Waals surface area contributed by atoms with Crippen LogP contribution in [0.25, 0.3) is 0 Å². The van der Waals surface area contributed by atoms with Crippen molar-refractivity contribution >= 4 is 6.21 Å². The van der Waals surface area contributed by atoms with E-state index in [2.05, 4.69) is 21.6 Å². The minimum absolute atomic E-state index is 0.0537. The fraction of sp³-hybridized carbons (Fsp3) is 0.333. The molecule has 1 fully saturated rings. The van der Waals surface area contributed by atoms with E-state index in [4.69, 9.17) is 0 Å². The van der Waals surface area contributed by atoms with Crippen LogP contribution in [0.1, 0.15) is 36.4 Å². The third kappa shape index (κ3) is 3.58. The molecule has 0 amide bonds. The molecule has 1 aliphatic rings. The quantitative estimate of drug-likeness (QED) is 0.623. The highest BCUT2D eigenvalue weighted by Gasteiger charge is 2.23. The first-order valence-electron chi connectivity index (χ1n) is 8.49. The van der Waals surface area contributed by atoms with Crippen LogP contribution in [0.2, 0.25) is 0 Å². The van der Waals surface area contributed by atoms with Crippen LogP contribution < -0.4 is 11.2 Å². The van der Waals surface area contributed by atoms with Crippen LogP contribution in [-0.4, -0.2) is 37.4 Å². The molecule has 1 saturated heterocycles. The van der Waals surface area contributed by atoms with Gasteiger partial charge in [0.05, 0.1) is 12.3 Å². The zero-order chi connectivity index (χ0) is 18.5. The van der Waals surface area contributed by atoms with Crippen LogP contribution in [0, 0.1) is 0 Å². The summed E-state index contributed by atoms with van der Waals surface area (Å²) in [7, 11) is 0. The Kier molecular flexibility index (Phi) is 5.31. The second kappa shape index (κ2) is 7.81. The summed E-state index contributed by atoms with van der Waals surface area (Å²) in [5.41, 5.74) is -0.358. The molecule has 0 aliphatic carbocycles. The van der Waals surface area contributed by atoms with Crippen molar-refractivity contribution in [2.45, 2.75) is 31.8 Å². The Bertz CT molecular complexity index is 917. The molecule has 1 unspecified atom stereocenters. The number of nitrogens with zero attached hydrogens (tertiary/aromatic N) is 4. The number of allylic oxidation sites excluding steroid dienone is 1. The van der Waals surface area contributed by atoms with Gasteiger partial charge in [-0.2, -0.15) is 5.10 Å². The molecule has 8 nitrogen and oxygen atoms in total. The highest BCUT2D eigenvalue weighted by Crippen LogP contribution is 2.30. The van der Waals surface area contributed by atoms with Crippen LogP contribution in [-0.2, 0) is 6.54 Å². The standard InChI is InChI=1S/C18H21N5O3/c1-2-9-22-17(25)14(16(24)21-18(22)26)12-20-23-10-4-3-7-15(23)13-6-5-8-19-11-13/h2,5-6,8,11-12,15,25H,1,3-4,7,9-10H2,(H,21,24,26). The number of H-pyrrole nitrogens is 1. The molecule has 0 radical (unpaired) electrons. The summed E-state index contributed by atoms with van der Waals surface area (Å²) in [4.78, 5) is 30.2. The zero-order valence-electron chi connectivity index (χ0n) is 14.3. The van der Waals surface area contributed by atoms with Gasteiger partial charge in [0.15, 0.2) is 0 Å². The van der Waals surface area contributed by atoms with Gasteiger partial charge in [-0.1, -0.05) is 12.1 Å². The van der Waals surface area contributed by atoms with Crippen molar-refractivity contribution in [2.75, 3.05) is 6.54 Å². The number of hydrogen-bond donors (Lipinski definition) is 2. The lowest BCUT2D eigenvalue weighted by molar-refractivity contribution is 0.156. The molecule has 0 bridgehead atoms. The maximum Gasteiger partial charge on any atom is 0.331 e. The third-order valence-electron chi connectivity index (χ3n) is 4.40. The lowest BCUT2D eigenvalue weighted by Crippen LogP contribution is -2.33. The van der Waals surface area contributed by atoms with Gasteiger partial charge in [0.1, 0.15) is 5.56 Å². The lowest BCUT2D eigenvalue weighted by atomic mass is 9.98. The predicted molar refractivity (Wildman–Crippen MR) is 98.3 cm³/mol. The molecule has 0 aromatic carbocycles. The minimum Gasteiger partial charge on any atom is -0.494 e. The molecule has 2 aromatic rings. The van der Waals surface area contributed by atoms with E-state index in [9.17, 15) is 14.7 Å². The average Bonchev–Trinajstić information content (AvgIpc) is 2.66. The summed E-state index contributed by atoms with van der Waals surface area (Å²) in [5, 5.41) is 16.6. The second-order valence-electron chi connectivity index (χ2n) is 6.10. The van der Waals surface area contributed by atoms with Gasteiger partial charge in [0.25, 0.3) is 5.56 Å². The summed E-state index contributed by atoms with van der Waals surface area (Å²) in [6.07, 6.45) is 9.31. The van der Waals surface area contributed by atoms with Gasteiger partial charge in [-0.3, -0.25) is 24.3 Å². The van der Waals surface area contributed by atoms with Crippen LogP contribution >= 0.6 is 0 Å². The molecular formula is C18H21N5O3.